The quantitative estimate of drug-likeness (QED) is 0.698. The number of hydrogen-bond acceptors (Lipinski definition) is 3. The fourth-order valence-corrected chi connectivity index (χ4v) is 1.44. The fourth-order valence-electron chi connectivity index (χ4n) is 0.734. The van der Waals surface area contributed by atoms with Crippen LogP contribution in [0.5, 0.6) is 0 Å². The highest BCUT2D eigenvalue weighted by Crippen LogP contribution is 2.14. The highest BCUT2D eigenvalue weighted by atomic mass is 32.1. The second kappa shape index (κ2) is 3.59. The first kappa shape index (κ1) is 8.36. The maximum absolute atomic E-state index is 12.7. The number of thiophene rings is 1. The number of Topliss-reactive ketones (excluding diaryl/α,β-unsaturated/α-hetero) is 1. The van der Waals surface area contributed by atoms with Crippen molar-refractivity contribution in [1.29, 1.82) is 0 Å². The summed E-state index contributed by atoms with van der Waals surface area (Å²) in [7, 11) is 1.66. The molecule has 0 saturated carbocycles. The van der Waals surface area contributed by atoms with Crippen LogP contribution < -0.4 is 5.32 Å². The lowest BCUT2D eigenvalue weighted by atomic mass is 10.3. The molecule has 0 aliphatic carbocycles. The van der Waals surface area contributed by atoms with Crippen LogP contribution in [0, 0.1) is 5.82 Å². The normalized spacial score (nSPS) is 10.0. The summed E-state index contributed by atoms with van der Waals surface area (Å²) in [5, 5.41) is 4.24. The summed E-state index contributed by atoms with van der Waals surface area (Å²) >= 11 is 1.13. The largest absolute Gasteiger partial charge is 0.313 e. The van der Waals surface area contributed by atoms with E-state index in [1.807, 2.05) is 0 Å². The molecule has 0 amide bonds. The number of rotatable bonds is 3. The van der Waals surface area contributed by atoms with Crippen LogP contribution in [-0.4, -0.2) is 19.4 Å². The summed E-state index contributed by atoms with van der Waals surface area (Å²) in [4.78, 5) is 11.2. The molecule has 2 nitrogen and oxygen atoms in total. The van der Waals surface area contributed by atoms with E-state index in [0.29, 0.717) is 0 Å². The van der Waals surface area contributed by atoms with Crippen molar-refractivity contribution in [2.75, 3.05) is 13.6 Å². The van der Waals surface area contributed by atoms with Crippen LogP contribution >= 0.6 is 11.3 Å². The summed E-state index contributed by atoms with van der Waals surface area (Å²) in [5.74, 6) is -0.616. The first-order valence-electron chi connectivity index (χ1n) is 3.16. The average molecular weight is 173 g/mol. The number of carbonyl (C=O) groups is 1. The van der Waals surface area contributed by atoms with Crippen molar-refractivity contribution in [3.05, 3.63) is 22.1 Å². The van der Waals surface area contributed by atoms with E-state index in [1.165, 1.54) is 6.07 Å². The average Bonchev–Trinajstić information content (AvgIpc) is 2.36. The van der Waals surface area contributed by atoms with Gasteiger partial charge in [0.1, 0.15) is 10.7 Å². The highest BCUT2D eigenvalue weighted by Gasteiger charge is 2.11. The molecule has 0 radical (unpaired) electrons. The van der Waals surface area contributed by atoms with E-state index in [2.05, 4.69) is 5.32 Å². The van der Waals surface area contributed by atoms with Gasteiger partial charge in [-0.25, -0.2) is 4.39 Å². The second-order valence-corrected chi connectivity index (χ2v) is 2.97. The molecule has 11 heavy (non-hydrogen) atoms. The Morgan fingerprint density at radius 2 is 2.55 bits per heavy atom. The van der Waals surface area contributed by atoms with Crippen molar-refractivity contribution in [2.45, 2.75) is 0 Å². The van der Waals surface area contributed by atoms with Gasteiger partial charge in [0.05, 0.1) is 6.54 Å². The third-order valence-corrected chi connectivity index (χ3v) is 2.14. The molecule has 0 unspecified atom stereocenters. The molecule has 0 fully saturated rings. The Balaban J connectivity index is 2.76. The Labute approximate surface area is 68.0 Å². The minimum Gasteiger partial charge on any atom is -0.313 e. The monoisotopic (exact) mass is 173 g/mol. The number of hydrogen-bond donors (Lipinski definition) is 1. The molecule has 0 spiro atoms. The molecular formula is C7H8FNOS. The van der Waals surface area contributed by atoms with E-state index < -0.39 is 5.82 Å². The Morgan fingerprint density at radius 3 is 3.00 bits per heavy atom. The molecule has 0 aromatic carbocycles. The van der Waals surface area contributed by atoms with Crippen molar-refractivity contribution in [3.8, 4) is 0 Å². The van der Waals surface area contributed by atoms with Crippen LogP contribution in [0.3, 0.4) is 0 Å². The van der Waals surface area contributed by atoms with E-state index in [4.69, 9.17) is 0 Å². The minimum atomic E-state index is -0.421. The van der Waals surface area contributed by atoms with Gasteiger partial charge in [0.2, 0.25) is 0 Å². The van der Waals surface area contributed by atoms with Gasteiger partial charge < -0.3 is 5.32 Å². The number of carbonyl (C=O) groups excluding carboxylic acids is 1. The number of halogens is 1. The van der Waals surface area contributed by atoms with Crippen LogP contribution in [0.1, 0.15) is 9.67 Å². The van der Waals surface area contributed by atoms with Gasteiger partial charge in [0.25, 0.3) is 0 Å². The molecule has 0 atom stereocenters. The van der Waals surface area contributed by atoms with Gasteiger partial charge in [-0.2, -0.15) is 0 Å². The zero-order chi connectivity index (χ0) is 8.27. The van der Waals surface area contributed by atoms with E-state index in [0.717, 1.165) is 11.3 Å². The van der Waals surface area contributed by atoms with Crippen molar-refractivity contribution in [2.24, 2.45) is 0 Å². The zero-order valence-corrected chi connectivity index (χ0v) is 6.87. The zero-order valence-electron chi connectivity index (χ0n) is 6.06. The van der Waals surface area contributed by atoms with Crippen molar-refractivity contribution >= 4 is 17.1 Å². The van der Waals surface area contributed by atoms with Gasteiger partial charge in [0, 0.05) is 0 Å². The summed E-state index contributed by atoms with van der Waals surface area (Å²) < 4.78 is 12.7. The van der Waals surface area contributed by atoms with Crippen LogP contribution in [-0.2, 0) is 0 Å². The lowest BCUT2D eigenvalue weighted by molar-refractivity contribution is 0.0994. The van der Waals surface area contributed by atoms with Crippen LogP contribution in [0.2, 0.25) is 0 Å². The van der Waals surface area contributed by atoms with Crippen LogP contribution in [0.4, 0.5) is 4.39 Å². The molecule has 1 rings (SSSR count). The van der Waals surface area contributed by atoms with E-state index in [-0.39, 0.29) is 17.2 Å². The smallest absolute Gasteiger partial charge is 0.189 e. The van der Waals surface area contributed by atoms with E-state index in [9.17, 15) is 9.18 Å². The predicted molar refractivity (Wildman–Crippen MR) is 42.5 cm³/mol. The topological polar surface area (TPSA) is 29.1 Å². The summed E-state index contributed by atoms with van der Waals surface area (Å²) in [6.45, 7) is 0.192. The lowest BCUT2D eigenvalue weighted by Crippen LogP contribution is -2.18. The minimum absolute atomic E-state index is 0.192. The molecule has 1 aromatic heterocycles. The van der Waals surface area contributed by atoms with Crippen LogP contribution in [0.15, 0.2) is 11.4 Å². The molecule has 60 valence electrons. The molecule has 0 saturated heterocycles. The Kier molecular flexibility index (Phi) is 2.73. The Morgan fingerprint density at radius 1 is 1.82 bits per heavy atom. The van der Waals surface area contributed by atoms with Crippen molar-refractivity contribution in [3.63, 3.8) is 0 Å². The standard InChI is InChI=1S/C7H8FNOS/c1-9-4-6(10)7-5(8)2-3-11-7/h2-3,9H,4H2,1H3. The van der Waals surface area contributed by atoms with Gasteiger partial charge in [-0.1, -0.05) is 0 Å². The van der Waals surface area contributed by atoms with Gasteiger partial charge in [-0.15, -0.1) is 11.3 Å². The van der Waals surface area contributed by atoms with E-state index in [1.54, 1.807) is 12.4 Å². The van der Waals surface area contributed by atoms with Crippen molar-refractivity contribution < 1.29 is 9.18 Å². The third-order valence-electron chi connectivity index (χ3n) is 1.21. The van der Waals surface area contributed by atoms with Gasteiger partial charge >= 0.3 is 0 Å². The molecule has 0 aliphatic rings. The first-order chi connectivity index (χ1) is 5.25. The molecule has 1 heterocycles. The first-order valence-corrected chi connectivity index (χ1v) is 4.04. The van der Waals surface area contributed by atoms with Crippen LogP contribution in [0.25, 0.3) is 0 Å². The van der Waals surface area contributed by atoms with Gasteiger partial charge in [-0.3, -0.25) is 4.79 Å². The predicted octanol–water partition coefficient (Wildman–Crippen LogP) is 1.29. The van der Waals surface area contributed by atoms with Gasteiger partial charge in [-0.05, 0) is 18.5 Å². The highest BCUT2D eigenvalue weighted by molar-refractivity contribution is 7.12. The SMILES string of the molecule is CNCC(=O)c1sccc1F. The number of ketones is 1. The summed E-state index contributed by atoms with van der Waals surface area (Å²) in [6.07, 6.45) is 0. The molecule has 0 bridgehead atoms. The molecule has 1 N–H and O–H groups in total. The van der Waals surface area contributed by atoms with Gasteiger partial charge in [0.15, 0.2) is 5.78 Å². The number of likely N-dealkylation sites (N-methyl/N-ethyl adjacent to an activating group) is 1. The summed E-state index contributed by atoms with van der Waals surface area (Å²) in [5.41, 5.74) is 0. The fraction of sp³-hybridized carbons (Fsp3) is 0.286. The lowest BCUT2D eigenvalue weighted by Gasteiger charge is -1.94. The maximum Gasteiger partial charge on any atom is 0.189 e. The summed E-state index contributed by atoms with van der Waals surface area (Å²) in [6, 6.07) is 1.30. The molecular weight excluding hydrogens is 165 g/mol. The molecule has 1 aromatic rings. The molecule has 0 aliphatic heterocycles. The Hall–Kier alpha value is -0.740. The Bertz CT molecular complexity index is 259. The van der Waals surface area contributed by atoms with Crippen molar-refractivity contribution in [1.82, 2.24) is 5.32 Å². The third kappa shape index (κ3) is 1.85. The van der Waals surface area contributed by atoms with E-state index >= 15 is 0 Å². The second-order valence-electron chi connectivity index (χ2n) is 2.05. The molecule has 4 heteroatoms. The number of nitrogens with one attached hydrogen (secondary N) is 1. The maximum atomic E-state index is 12.7.